The van der Waals surface area contributed by atoms with Crippen molar-refractivity contribution in [3.05, 3.63) is 54.6 Å². The van der Waals surface area contributed by atoms with E-state index in [1.54, 1.807) is 0 Å². The summed E-state index contributed by atoms with van der Waals surface area (Å²) >= 11 is 0. The third-order valence-electron chi connectivity index (χ3n) is 13.1. The predicted molar refractivity (Wildman–Crippen MR) is 302 cm³/mol. The molecule has 9 aromatic carbocycles. The lowest BCUT2D eigenvalue weighted by Gasteiger charge is -2.32. The second-order valence-corrected chi connectivity index (χ2v) is 16.4. The fraction of sp³-hybridized carbons (Fsp3) is 0. The van der Waals surface area contributed by atoms with Crippen LogP contribution in [-0.4, -0.2) is 149 Å². The van der Waals surface area contributed by atoms with Gasteiger partial charge in [0.1, 0.15) is 160 Å². The zero-order chi connectivity index (χ0) is 47.4. The van der Waals surface area contributed by atoms with Crippen LogP contribution < -0.4 is 104 Å². The van der Waals surface area contributed by atoms with E-state index in [-0.39, 0.29) is 159 Å². The molecule has 0 atom stereocenters. The van der Waals surface area contributed by atoms with Crippen molar-refractivity contribution < 1.29 is 4.42 Å². The second kappa shape index (κ2) is 15.5. The Labute approximate surface area is 407 Å². The van der Waals surface area contributed by atoms with Crippen molar-refractivity contribution in [2.45, 2.75) is 0 Å². The van der Waals surface area contributed by atoms with Crippen LogP contribution in [0.2, 0.25) is 0 Å². The molecular formula is C46H9B19O. The number of benzene rings is 9. The highest BCUT2D eigenvalue weighted by Crippen LogP contribution is 2.44. The molecule has 10 rings (SSSR count). The van der Waals surface area contributed by atoms with Gasteiger partial charge in [0.05, 0.1) is 0 Å². The average Bonchev–Trinajstić information content (AvgIpc) is 3.73. The summed E-state index contributed by atoms with van der Waals surface area (Å²) in [7, 11) is 129. The molecule has 0 unspecified atom stereocenters. The van der Waals surface area contributed by atoms with E-state index in [2.05, 4.69) is 0 Å². The monoisotopic (exact) mass is 786 g/mol. The summed E-state index contributed by atoms with van der Waals surface area (Å²) in [5.41, 5.74) is 0.833. The molecule has 0 aliphatic carbocycles. The first-order chi connectivity index (χ1) is 31.2. The summed E-state index contributed by atoms with van der Waals surface area (Å²) in [6, 6.07) is 17.8. The smallest absolute Gasteiger partial charge is 0.128 e. The average molecular weight is 783 g/mol. The van der Waals surface area contributed by atoms with Gasteiger partial charge in [-0.1, -0.05) is 114 Å². The molecule has 38 radical (unpaired) electrons. The molecule has 0 fully saturated rings. The number of hydrogen-bond acceptors (Lipinski definition) is 1. The van der Waals surface area contributed by atoms with Crippen molar-refractivity contribution in [3.63, 3.8) is 0 Å². The minimum atomic E-state index is -0.145. The van der Waals surface area contributed by atoms with Crippen molar-refractivity contribution in [2.75, 3.05) is 0 Å². The first-order valence-corrected chi connectivity index (χ1v) is 20.1. The quantitative estimate of drug-likeness (QED) is 0.0988. The Morgan fingerprint density at radius 3 is 1.05 bits per heavy atom. The van der Waals surface area contributed by atoms with Gasteiger partial charge < -0.3 is 4.42 Å². The Morgan fingerprint density at radius 2 is 0.561 bits per heavy atom. The van der Waals surface area contributed by atoms with Crippen molar-refractivity contribution >= 4 is 318 Å². The van der Waals surface area contributed by atoms with Gasteiger partial charge in [-0.05, 0) is 88.0 Å². The number of fused-ring (bicyclic) bond motifs is 8. The third kappa shape index (κ3) is 5.81. The van der Waals surface area contributed by atoms with Crippen LogP contribution in [0.1, 0.15) is 0 Å². The van der Waals surface area contributed by atoms with Crippen LogP contribution in [0, 0.1) is 0 Å². The van der Waals surface area contributed by atoms with Crippen LogP contribution in [0.3, 0.4) is 0 Å². The molecule has 256 valence electrons. The SMILES string of the molecule is [B]c1c([B])c(-c2c3c([B])c([B])c([B])c([B])c3c(-c3cc4ccccc4c4ccccc34)c3c([B])c([B])c([B])c([B])c23)c([B])c([B])c1-c1c([B])c([B])c2c(oc3c([B])c([B])c([B])c([B])c32)c1[B]. The van der Waals surface area contributed by atoms with E-state index in [9.17, 15) is 0 Å². The molecule has 66 heavy (non-hydrogen) atoms. The maximum atomic E-state index is 7.17. The Kier molecular flexibility index (Phi) is 10.6. The van der Waals surface area contributed by atoms with Crippen molar-refractivity contribution in [2.24, 2.45) is 0 Å². The van der Waals surface area contributed by atoms with Crippen LogP contribution in [0.15, 0.2) is 59.0 Å². The fourth-order valence-electron chi connectivity index (χ4n) is 9.76. The van der Waals surface area contributed by atoms with Gasteiger partial charge in [-0.15, -0.1) is 32.8 Å². The lowest BCUT2D eigenvalue weighted by atomic mass is 9.56. The maximum absolute atomic E-state index is 7.17. The van der Waals surface area contributed by atoms with Gasteiger partial charge in [0, 0.05) is 10.8 Å². The Bertz CT molecular complexity index is 3820. The molecule has 1 nitrogen and oxygen atoms in total. The van der Waals surface area contributed by atoms with Gasteiger partial charge in [0.15, 0.2) is 0 Å². The standard InChI is InChI=1S/C46H9B19O/c47-26-17-15(14-9-10-5-1-2-6-11(10)12-7-3-4-8-13(12)14)18-20(29(50)41(62)39(60)27(18)48)16(19(17)28(49)40(61)38(26)59)21-30(51)32(53)22(33(54)31(21)52)23-34(55)35(56)24-25-36(57)42(63)43(64)44(65)46(25)66-45(24)37(23)58/h1-9H. The molecule has 20 heteroatoms. The van der Waals surface area contributed by atoms with Gasteiger partial charge >= 0.3 is 0 Å². The van der Waals surface area contributed by atoms with Crippen molar-refractivity contribution in [1.29, 1.82) is 0 Å². The minimum Gasteiger partial charge on any atom is -0.457 e. The molecule has 0 saturated carbocycles. The normalized spacial score (nSPS) is 11.9. The van der Waals surface area contributed by atoms with Gasteiger partial charge in [-0.25, -0.2) is 0 Å². The maximum Gasteiger partial charge on any atom is 0.128 e. The second-order valence-electron chi connectivity index (χ2n) is 16.4. The lowest BCUT2D eigenvalue weighted by molar-refractivity contribution is 0.675. The first-order valence-electron chi connectivity index (χ1n) is 20.1. The largest absolute Gasteiger partial charge is 0.457 e. The minimum absolute atomic E-state index is 0.000304. The van der Waals surface area contributed by atoms with Crippen molar-refractivity contribution in [1.82, 2.24) is 0 Å². The number of furan rings is 1. The Balaban J connectivity index is 1.40. The lowest BCUT2D eigenvalue weighted by Crippen LogP contribution is -2.51. The van der Waals surface area contributed by atoms with Crippen LogP contribution in [0.5, 0.6) is 0 Å². The highest BCUT2D eigenvalue weighted by molar-refractivity contribution is 6.74. The van der Waals surface area contributed by atoms with Crippen LogP contribution in [-0.2, 0) is 0 Å². The molecule has 0 aliphatic rings. The molecule has 1 aromatic heterocycles. The van der Waals surface area contributed by atoms with E-state index in [1.165, 1.54) is 0 Å². The third-order valence-corrected chi connectivity index (χ3v) is 13.1. The Morgan fingerprint density at radius 1 is 0.242 bits per heavy atom. The van der Waals surface area contributed by atoms with E-state index in [4.69, 9.17) is 153 Å². The van der Waals surface area contributed by atoms with Gasteiger partial charge in [0.25, 0.3) is 0 Å². The molecular weight excluding hydrogens is 774 g/mol. The highest BCUT2D eigenvalue weighted by Gasteiger charge is 2.29. The van der Waals surface area contributed by atoms with E-state index in [0.717, 1.165) is 21.5 Å². The molecule has 0 aliphatic heterocycles. The molecule has 10 aromatic rings. The predicted octanol–water partition coefficient (Wildman–Crippen LogP) is -9.72. The Hall–Kier alpha value is -4.95. The molecule has 1 heterocycles. The molecule has 0 N–H and O–H groups in total. The summed E-state index contributed by atoms with van der Waals surface area (Å²) < 4.78 is 6.21. The van der Waals surface area contributed by atoms with E-state index in [1.807, 2.05) is 54.6 Å². The zero-order valence-electron chi connectivity index (χ0n) is 35.1. The zero-order valence-corrected chi connectivity index (χ0v) is 35.1. The summed E-state index contributed by atoms with van der Waals surface area (Å²) in [6.45, 7) is 0. The van der Waals surface area contributed by atoms with Gasteiger partial charge in [0.2, 0.25) is 0 Å². The van der Waals surface area contributed by atoms with Gasteiger partial charge in [-0.3, -0.25) is 0 Å². The van der Waals surface area contributed by atoms with E-state index < -0.39 is 0 Å². The van der Waals surface area contributed by atoms with Crippen LogP contribution in [0.25, 0.3) is 98.4 Å². The highest BCUT2D eigenvalue weighted by atomic mass is 16.3. The first kappa shape index (κ1) is 44.9. The summed E-state index contributed by atoms with van der Waals surface area (Å²) in [6.07, 6.45) is 0. The van der Waals surface area contributed by atoms with E-state index in [0.29, 0.717) is 21.9 Å². The van der Waals surface area contributed by atoms with E-state index >= 15 is 0 Å². The van der Waals surface area contributed by atoms with Crippen molar-refractivity contribution in [3.8, 4) is 33.4 Å². The fourth-order valence-corrected chi connectivity index (χ4v) is 9.76. The molecule has 0 saturated heterocycles. The molecule has 0 spiro atoms. The summed E-state index contributed by atoms with van der Waals surface area (Å²) in [5, 5.41) is 5.17. The van der Waals surface area contributed by atoms with Crippen LogP contribution in [0.4, 0.5) is 0 Å². The number of hydrogen-bond donors (Lipinski definition) is 0. The molecule has 0 bridgehead atoms. The van der Waals surface area contributed by atoms with Crippen LogP contribution >= 0.6 is 0 Å². The summed E-state index contributed by atoms with van der Waals surface area (Å²) in [4.78, 5) is 0. The number of rotatable bonds is 3. The topological polar surface area (TPSA) is 13.1 Å². The summed E-state index contributed by atoms with van der Waals surface area (Å²) in [5.74, 6) is 0. The van der Waals surface area contributed by atoms with Gasteiger partial charge in [-0.2, -0.15) is 0 Å². The molecule has 0 amide bonds.